The fourth-order valence-corrected chi connectivity index (χ4v) is 2.70. The predicted molar refractivity (Wildman–Crippen MR) is 88.7 cm³/mol. The standard InChI is InChI=1S/C18H39NO.ClH/c1-3-5-6-7-8-9-10-11-12-13-14-15-16-18(20)17(19)4-2;/h17-18,20H,3-16,19H2,1-2H3;1H/t17-,18+;/m0./s1. The van der Waals surface area contributed by atoms with Crippen LogP contribution in [0.2, 0.25) is 0 Å². The summed E-state index contributed by atoms with van der Waals surface area (Å²) in [7, 11) is 0. The van der Waals surface area contributed by atoms with Crippen molar-refractivity contribution in [2.24, 2.45) is 0 Å². The van der Waals surface area contributed by atoms with E-state index in [1.807, 2.05) is 0 Å². The largest absolute Gasteiger partial charge is 1.00 e. The average Bonchev–Trinajstić information content (AvgIpc) is 2.47. The van der Waals surface area contributed by atoms with Crippen LogP contribution >= 0.6 is 0 Å². The highest BCUT2D eigenvalue weighted by Crippen LogP contribution is 2.13. The van der Waals surface area contributed by atoms with Crippen molar-refractivity contribution >= 4 is 0 Å². The van der Waals surface area contributed by atoms with Crippen molar-refractivity contribution in [3.63, 3.8) is 0 Å². The molecule has 0 aromatic heterocycles. The third-order valence-electron chi connectivity index (χ3n) is 4.42. The molecule has 0 bridgehead atoms. The Kier molecular flexibility index (Phi) is 20.4. The van der Waals surface area contributed by atoms with E-state index in [1.165, 1.54) is 77.0 Å². The van der Waals surface area contributed by atoms with E-state index in [0.29, 0.717) is 0 Å². The van der Waals surface area contributed by atoms with Crippen LogP contribution in [0.5, 0.6) is 0 Å². The smallest absolute Gasteiger partial charge is 0.110 e. The minimum absolute atomic E-state index is 0. The molecule has 130 valence electrons. The van der Waals surface area contributed by atoms with Crippen molar-refractivity contribution < 1.29 is 23.2 Å². The van der Waals surface area contributed by atoms with Gasteiger partial charge >= 0.3 is 0 Å². The average molecular weight is 322 g/mol. The van der Waals surface area contributed by atoms with Crippen LogP contribution in [0.25, 0.3) is 0 Å². The molecule has 0 spiro atoms. The van der Waals surface area contributed by atoms with Crippen molar-refractivity contribution in [2.45, 2.75) is 116 Å². The Hall–Kier alpha value is 0.210. The van der Waals surface area contributed by atoms with Gasteiger partial charge < -0.3 is 23.2 Å². The minimum Gasteiger partial charge on any atom is -1.00 e. The van der Waals surface area contributed by atoms with Crippen LogP contribution < -0.4 is 18.1 Å². The molecule has 2 atom stereocenters. The summed E-state index contributed by atoms with van der Waals surface area (Å²) in [5.41, 5.74) is 3.98. The molecule has 0 rings (SSSR count). The molecule has 0 aromatic rings. The van der Waals surface area contributed by atoms with Gasteiger partial charge in [-0.05, 0) is 12.8 Å². The molecule has 4 N–H and O–H groups in total. The maximum atomic E-state index is 9.82. The topological polar surface area (TPSA) is 47.9 Å². The Labute approximate surface area is 139 Å². The van der Waals surface area contributed by atoms with Crippen molar-refractivity contribution in [2.75, 3.05) is 0 Å². The fraction of sp³-hybridized carbons (Fsp3) is 1.00. The maximum Gasteiger partial charge on any atom is 0.110 e. The zero-order chi connectivity index (χ0) is 15.1. The summed E-state index contributed by atoms with van der Waals surface area (Å²) >= 11 is 0. The summed E-state index contributed by atoms with van der Waals surface area (Å²) in [6.45, 7) is 4.38. The van der Waals surface area contributed by atoms with Gasteiger partial charge in [-0.1, -0.05) is 90.9 Å². The first-order valence-corrected chi connectivity index (χ1v) is 9.23. The van der Waals surface area contributed by atoms with Crippen molar-refractivity contribution in [3.8, 4) is 0 Å². The van der Waals surface area contributed by atoms with E-state index in [2.05, 4.69) is 19.6 Å². The van der Waals surface area contributed by atoms with Gasteiger partial charge in [-0.2, -0.15) is 0 Å². The molecule has 0 saturated heterocycles. The number of aliphatic hydroxyl groups is 1. The summed E-state index contributed by atoms with van der Waals surface area (Å²) in [5, 5.41) is 9.82. The molecule has 0 aliphatic rings. The van der Waals surface area contributed by atoms with E-state index in [4.69, 9.17) is 0 Å². The first kappa shape index (κ1) is 23.5. The number of unbranched alkanes of at least 4 members (excludes halogenated alkanes) is 11. The van der Waals surface area contributed by atoms with Crippen LogP contribution in [-0.2, 0) is 0 Å². The molecule has 0 fully saturated rings. The van der Waals surface area contributed by atoms with Gasteiger partial charge in [0.1, 0.15) is 12.1 Å². The molecule has 21 heavy (non-hydrogen) atoms. The second-order valence-electron chi connectivity index (χ2n) is 6.41. The molecule has 0 aromatic carbocycles. The summed E-state index contributed by atoms with van der Waals surface area (Å²) in [4.78, 5) is 0. The van der Waals surface area contributed by atoms with Gasteiger partial charge in [0, 0.05) is 0 Å². The molecular weight excluding hydrogens is 282 g/mol. The molecule has 0 aliphatic heterocycles. The van der Waals surface area contributed by atoms with Gasteiger partial charge in [-0.25, -0.2) is 0 Å². The summed E-state index contributed by atoms with van der Waals surface area (Å²) < 4.78 is 0. The molecule has 0 heterocycles. The second kappa shape index (κ2) is 18.3. The summed E-state index contributed by atoms with van der Waals surface area (Å²) in [6, 6.07) is 0.225. The lowest BCUT2D eigenvalue weighted by Crippen LogP contribution is -3.00. The third-order valence-corrected chi connectivity index (χ3v) is 4.42. The Morgan fingerprint density at radius 2 is 1.10 bits per heavy atom. The Morgan fingerprint density at radius 3 is 1.48 bits per heavy atom. The highest BCUT2D eigenvalue weighted by atomic mass is 35.5. The fourth-order valence-electron chi connectivity index (χ4n) is 2.70. The van der Waals surface area contributed by atoms with Crippen LogP contribution in [0, 0.1) is 0 Å². The van der Waals surface area contributed by atoms with Gasteiger partial charge in [0.05, 0.1) is 0 Å². The molecular formula is C18H40ClNO. The molecule has 2 nitrogen and oxygen atoms in total. The Morgan fingerprint density at radius 1 is 0.714 bits per heavy atom. The van der Waals surface area contributed by atoms with E-state index in [0.717, 1.165) is 12.8 Å². The SMILES string of the molecule is CCCCCCCCCCCCCC[C@@H](O)[C@@H]([NH3+])CC.[Cl-]. The zero-order valence-electron chi connectivity index (χ0n) is 14.6. The van der Waals surface area contributed by atoms with E-state index >= 15 is 0 Å². The van der Waals surface area contributed by atoms with Gasteiger partial charge in [0.25, 0.3) is 0 Å². The highest BCUT2D eigenvalue weighted by Gasteiger charge is 2.14. The van der Waals surface area contributed by atoms with Crippen LogP contribution in [-0.4, -0.2) is 17.3 Å². The number of halogens is 1. The first-order valence-electron chi connectivity index (χ1n) is 9.23. The van der Waals surface area contributed by atoms with Crippen LogP contribution in [0.4, 0.5) is 0 Å². The minimum atomic E-state index is -0.178. The number of hydrogen-bond acceptors (Lipinski definition) is 1. The third kappa shape index (κ3) is 16.4. The normalized spacial score (nSPS) is 13.7. The maximum absolute atomic E-state index is 9.82. The lowest BCUT2D eigenvalue weighted by atomic mass is 10.0. The quantitative estimate of drug-likeness (QED) is 0.441. The molecule has 0 radical (unpaired) electrons. The summed E-state index contributed by atoms with van der Waals surface area (Å²) in [5.74, 6) is 0. The van der Waals surface area contributed by atoms with Crippen molar-refractivity contribution in [3.05, 3.63) is 0 Å². The van der Waals surface area contributed by atoms with E-state index in [9.17, 15) is 5.11 Å². The number of aliphatic hydroxyl groups excluding tert-OH is 1. The van der Waals surface area contributed by atoms with Gasteiger partial charge in [0.2, 0.25) is 0 Å². The number of rotatable bonds is 15. The van der Waals surface area contributed by atoms with Crippen LogP contribution in [0.1, 0.15) is 104 Å². The molecule has 0 aliphatic carbocycles. The van der Waals surface area contributed by atoms with Crippen molar-refractivity contribution in [1.29, 1.82) is 0 Å². The second-order valence-corrected chi connectivity index (χ2v) is 6.41. The molecule has 0 unspecified atom stereocenters. The number of quaternary nitrogens is 1. The van der Waals surface area contributed by atoms with E-state index < -0.39 is 0 Å². The monoisotopic (exact) mass is 321 g/mol. The van der Waals surface area contributed by atoms with Gasteiger partial charge in [0.15, 0.2) is 0 Å². The number of hydrogen-bond donors (Lipinski definition) is 2. The summed E-state index contributed by atoms with van der Waals surface area (Å²) in [6.07, 6.45) is 18.3. The molecule has 3 heteroatoms. The van der Waals surface area contributed by atoms with Crippen LogP contribution in [0.15, 0.2) is 0 Å². The zero-order valence-corrected chi connectivity index (χ0v) is 15.3. The molecule has 0 saturated carbocycles. The first-order chi connectivity index (χ1) is 9.72. The predicted octanol–water partition coefficient (Wildman–Crippen LogP) is 1.46. The van der Waals surface area contributed by atoms with Gasteiger partial charge in [-0.15, -0.1) is 0 Å². The lowest BCUT2D eigenvalue weighted by molar-refractivity contribution is -0.438. The van der Waals surface area contributed by atoms with E-state index in [1.54, 1.807) is 0 Å². The highest BCUT2D eigenvalue weighted by molar-refractivity contribution is 4.63. The Balaban J connectivity index is 0. The molecule has 0 amide bonds. The lowest BCUT2D eigenvalue weighted by Gasteiger charge is -2.13. The van der Waals surface area contributed by atoms with Crippen molar-refractivity contribution in [1.82, 2.24) is 0 Å². The van der Waals surface area contributed by atoms with Crippen LogP contribution in [0.3, 0.4) is 0 Å². The Bertz CT molecular complexity index is 190. The van der Waals surface area contributed by atoms with E-state index in [-0.39, 0.29) is 24.6 Å². The van der Waals surface area contributed by atoms with Gasteiger partial charge in [-0.3, -0.25) is 0 Å².